The molecule has 1 saturated carbocycles. The van der Waals surface area contributed by atoms with Gasteiger partial charge in [0.1, 0.15) is 0 Å². The number of carbonyl (C=O) groups excluding carboxylic acids is 1. The van der Waals surface area contributed by atoms with Crippen molar-refractivity contribution in [1.29, 1.82) is 0 Å². The van der Waals surface area contributed by atoms with E-state index < -0.39 is 0 Å². The number of ether oxygens (including phenoxy) is 1. The van der Waals surface area contributed by atoms with Crippen LogP contribution < -0.4 is 0 Å². The van der Waals surface area contributed by atoms with Crippen LogP contribution in [0.4, 0.5) is 0 Å². The van der Waals surface area contributed by atoms with Crippen molar-refractivity contribution in [2.75, 3.05) is 26.3 Å². The largest absolute Gasteiger partial charge is 0.381 e. The van der Waals surface area contributed by atoms with Crippen LogP contribution in [0.5, 0.6) is 0 Å². The van der Waals surface area contributed by atoms with E-state index in [0.717, 1.165) is 44.8 Å². The second-order valence-corrected chi connectivity index (χ2v) is 6.18. The highest BCUT2D eigenvalue weighted by molar-refractivity contribution is 5.79. The smallest absolute Gasteiger partial charge is 0.226 e. The molecule has 3 fully saturated rings. The van der Waals surface area contributed by atoms with E-state index in [-0.39, 0.29) is 5.92 Å². The number of carbonyl (C=O) groups is 1. The molecule has 0 unspecified atom stereocenters. The Morgan fingerprint density at radius 1 is 1.20 bits per heavy atom. The van der Waals surface area contributed by atoms with Crippen molar-refractivity contribution in [1.82, 2.24) is 19.9 Å². The fourth-order valence-corrected chi connectivity index (χ4v) is 3.04. The zero-order valence-electron chi connectivity index (χ0n) is 11.6. The maximum Gasteiger partial charge on any atom is 0.226 e. The van der Waals surface area contributed by atoms with Gasteiger partial charge in [0.2, 0.25) is 5.91 Å². The van der Waals surface area contributed by atoms with Crippen LogP contribution in [-0.4, -0.2) is 52.1 Å². The number of hydrogen-bond acceptors (Lipinski definition) is 4. The van der Waals surface area contributed by atoms with E-state index >= 15 is 0 Å². The fraction of sp³-hybridized carbons (Fsp3) is 0.786. The number of rotatable bonds is 3. The lowest BCUT2D eigenvalue weighted by Gasteiger charge is -2.41. The van der Waals surface area contributed by atoms with Crippen molar-refractivity contribution in [3.8, 4) is 0 Å². The van der Waals surface area contributed by atoms with Crippen LogP contribution >= 0.6 is 0 Å². The average Bonchev–Trinajstić information content (AvgIpc) is 3.18. The van der Waals surface area contributed by atoms with Gasteiger partial charge in [-0.05, 0) is 25.7 Å². The molecule has 3 heterocycles. The Hall–Kier alpha value is -1.43. The van der Waals surface area contributed by atoms with E-state index in [0.29, 0.717) is 17.9 Å². The van der Waals surface area contributed by atoms with Crippen LogP contribution in [0.15, 0.2) is 6.20 Å². The molecule has 6 heteroatoms. The van der Waals surface area contributed by atoms with Gasteiger partial charge in [-0.25, -0.2) is 4.68 Å². The summed E-state index contributed by atoms with van der Waals surface area (Å²) in [5.74, 6) is 1.11. The van der Waals surface area contributed by atoms with Crippen LogP contribution in [0.25, 0.3) is 0 Å². The first-order chi connectivity index (χ1) is 9.81. The van der Waals surface area contributed by atoms with E-state index in [9.17, 15) is 4.79 Å². The third-order valence-electron chi connectivity index (χ3n) is 4.64. The monoisotopic (exact) mass is 276 g/mol. The van der Waals surface area contributed by atoms with Crippen molar-refractivity contribution < 1.29 is 9.53 Å². The van der Waals surface area contributed by atoms with Crippen LogP contribution in [0, 0.1) is 5.92 Å². The molecular weight excluding hydrogens is 256 g/mol. The summed E-state index contributed by atoms with van der Waals surface area (Å²) in [6.07, 6.45) is 6.30. The molecule has 0 N–H and O–H groups in total. The first-order valence-corrected chi connectivity index (χ1v) is 7.59. The zero-order chi connectivity index (χ0) is 13.5. The number of hydrogen-bond donors (Lipinski definition) is 0. The highest BCUT2D eigenvalue weighted by atomic mass is 16.5. The van der Waals surface area contributed by atoms with Crippen molar-refractivity contribution in [2.45, 2.75) is 37.6 Å². The molecule has 0 bridgehead atoms. The molecule has 0 spiro atoms. The van der Waals surface area contributed by atoms with Gasteiger partial charge in [-0.3, -0.25) is 4.79 Å². The van der Waals surface area contributed by atoms with Gasteiger partial charge in [0.05, 0.1) is 11.7 Å². The summed E-state index contributed by atoms with van der Waals surface area (Å²) in [6.45, 7) is 3.01. The van der Waals surface area contributed by atoms with Gasteiger partial charge in [-0.2, -0.15) is 0 Å². The van der Waals surface area contributed by atoms with Crippen molar-refractivity contribution >= 4 is 5.91 Å². The normalized spacial score (nSPS) is 24.7. The first-order valence-electron chi connectivity index (χ1n) is 7.59. The van der Waals surface area contributed by atoms with Gasteiger partial charge >= 0.3 is 0 Å². The quantitative estimate of drug-likeness (QED) is 0.825. The van der Waals surface area contributed by atoms with E-state index in [4.69, 9.17) is 4.74 Å². The van der Waals surface area contributed by atoms with Crippen LogP contribution in [0.1, 0.15) is 43.3 Å². The Morgan fingerprint density at radius 2 is 1.95 bits per heavy atom. The maximum atomic E-state index is 12.3. The minimum Gasteiger partial charge on any atom is -0.381 e. The summed E-state index contributed by atoms with van der Waals surface area (Å²) >= 11 is 0. The van der Waals surface area contributed by atoms with Gasteiger partial charge in [0.15, 0.2) is 0 Å². The van der Waals surface area contributed by atoms with E-state index in [1.165, 1.54) is 12.8 Å². The number of amides is 1. The Kier molecular flexibility index (Phi) is 2.98. The van der Waals surface area contributed by atoms with Gasteiger partial charge in [-0.1, -0.05) is 5.21 Å². The molecule has 2 aliphatic heterocycles. The minimum atomic E-state index is 0.169. The molecule has 0 aromatic carbocycles. The topological polar surface area (TPSA) is 60.2 Å². The van der Waals surface area contributed by atoms with Crippen LogP contribution in [0.3, 0.4) is 0 Å². The third kappa shape index (κ3) is 2.22. The second kappa shape index (κ2) is 4.84. The fourth-order valence-electron chi connectivity index (χ4n) is 3.04. The minimum absolute atomic E-state index is 0.169. The number of aromatic nitrogens is 3. The summed E-state index contributed by atoms with van der Waals surface area (Å²) < 4.78 is 7.26. The zero-order valence-corrected chi connectivity index (χ0v) is 11.6. The maximum absolute atomic E-state index is 12.3. The summed E-state index contributed by atoms with van der Waals surface area (Å²) in [7, 11) is 0. The lowest BCUT2D eigenvalue weighted by molar-refractivity contribution is -0.144. The van der Waals surface area contributed by atoms with Gasteiger partial charge in [-0.15, -0.1) is 5.10 Å². The molecule has 1 amide bonds. The average molecular weight is 276 g/mol. The molecule has 3 aliphatic rings. The highest BCUT2D eigenvalue weighted by Gasteiger charge is 2.37. The molecule has 4 rings (SSSR count). The number of nitrogens with zero attached hydrogens (tertiary/aromatic N) is 4. The summed E-state index contributed by atoms with van der Waals surface area (Å²) in [6, 6.07) is 0.318. The molecule has 6 nitrogen and oxygen atoms in total. The molecule has 0 radical (unpaired) electrons. The van der Waals surface area contributed by atoms with E-state index in [2.05, 4.69) is 16.5 Å². The number of likely N-dealkylation sites (tertiary alicyclic amines) is 1. The Bertz CT molecular complexity index is 499. The first kappa shape index (κ1) is 12.3. The molecule has 1 aromatic rings. The molecule has 2 saturated heterocycles. The molecule has 1 aromatic heterocycles. The van der Waals surface area contributed by atoms with Gasteiger partial charge in [0.25, 0.3) is 0 Å². The van der Waals surface area contributed by atoms with Gasteiger partial charge in [0, 0.05) is 44.3 Å². The SMILES string of the molecule is O=C(C1CCOCC1)N1CC(n2cc(C3CC3)nn2)C1. The van der Waals surface area contributed by atoms with Gasteiger partial charge < -0.3 is 9.64 Å². The highest BCUT2D eigenvalue weighted by Crippen LogP contribution is 2.39. The van der Waals surface area contributed by atoms with E-state index in [1.54, 1.807) is 0 Å². The Morgan fingerprint density at radius 3 is 2.65 bits per heavy atom. The van der Waals surface area contributed by atoms with Crippen LogP contribution in [-0.2, 0) is 9.53 Å². The summed E-state index contributed by atoms with van der Waals surface area (Å²) in [5, 5.41) is 8.45. The predicted molar refractivity (Wildman–Crippen MR) is 71.2 cm³/mol. The van der Waals surface area contributed by atoms with E-state index in [1.807, 2.05) is 9.58 Å². The van der Waals surface area contributed by atoms with Crippen molar-refractivity contribution in [2.24, 2.45) is 5.92 Å². The molecule has 1 aliphatic carbocycles. The van der Waals surface area contributed by atoms with Crippen molar-refractivity contribution in [3.63, 3.8) is 0 Å². The predicted octanol–water partition coefficient (Wildman–Crippen LogP) is 0.965. The molecule has 0 atom stereocenters. The Labute approximate surface area is 118 Å². The lowest BCUT2D eigenvalue weighted by Crippen LogP contribution is -2.53. The molecule has 20 heavy (non-hydrogen) atoms. The Balaban J connectivity index is 1.32. The standard InChI is InChI=1S/C14H20N4O2/c19-14(11-3-5-20-6-4-11)17-7-12(8-17)18-9-13(15-16-18)10-1-2-10/h9-12H,1-8H2. The lowest BCUT2D eigenvalue weighted by atomic mass is 9.96. The molecular formula is C14H20N4O2. The van der Waals surface area contributed by atoms with Crippen LogP contribution in [0.2, 0.25) is 0 Å². The second-order valence-electron chi connectivity index (χ2n) is 6.18. The third-order valence-corrected chi connectivity index (χ3v) is 4.64. The molecule has 108 valence electrons. The van der Waals surface area contributed by atoms with Crippen molar-refractivity contribution in [3.05, 3.63) is 11.9 Å². The summed E-state index contributed by atoms with van der Waals surface area (Å²) in [4.78, 5) is 14.3. The summed E-state index contributed by atoms with van der Waals surface area (Å²) in [5.41, 5.74) is 1.12.